The first-order chi connectivity index (χ1) is 9.61. The highest BCUT2D eigenvalue weighted by Crippen LogP contribution is 2.20. The van der Waals surface area contributed by atoms with E-state index in [0.717, 1.165) is 41.4 Å². The van der Waals surface area contributed by atoms with Crippen molar-refractivity contribution >= 4 is 11.6 Å². The molecule has 20 heavy (non-hydrogen) atoms. The molecule has 0 aliphatic carbocycles. The van der Waals surface area contributed by atoms with Crippen molar-refractivity contribution in [3.63, 3.8) is 0 Å². The Morgan fingerprint density at radius 3 is 2.85 bits per heavy atom. The van der Waals surface area contributed by atoms with Crippen LogP contribution in [0.5, 0.6) is 0 Å². The van der Waals surface area contributed by atoms with Crippen LogP contribution < -0.4 is 5.32 Å². The van der Waals surface area contributed by atoms with E-state index in [2.05, 4.69) is 10.4 Å². The predicted molar refractivity (Wildman–Crippen MR) is 79.4 cm³/mol. The quantitative estimate of drug-likeness (QED) is 0.830. The Kier molecular flexibility index (Phi) is 5.15. The third-order valence-electron chi connectivity index (χ3n) is 3.27. The molecule has 2 rings (SSSR count). The molecule has 0 saturated carbocycles. The Morgan fingerprint density at radius 2 is 2.20 bits per heavy atom. The number of rotatable bonds is 6. The molecule has 0 aliphatic rings. The molecule has 108 valence electrons. The lowest BCUT2D eigenvalue weighted by molar-refractivity contribution is 0.613. The maximum absolute atomic E-state index is 13.0. The number of aromatic nitrogens is 2. The maximum atomic E-state index is 13.0. The fourth-order valence-corrected chi connectivity index (χ4v) is 2.50. The van der Waals surface area contributed by atoms with Crippen molar-refractivity contribution in [3.8, 4) is 0 Å². The van der Waals surface area contributed by atoms with Crippen molar-refractivity contribution in [1.29, 1.82) is 0 Å². The first-order valence-corrected chi connectivity index (χ1v) is 7.15. The molecule has 0 amide bonds. The smallest absolute Gasteiger partial charge is 0.123 e. The Balaban J connectivity index is 1.86. The first-order valence-electron chi connectivity index (χ1n) is 6.77. The Hall–Kier alpha value is -1.39. The monoisotopic (exact) mass is 295 g/mol. The molecule has 5 heteroatoms. The zero-order valence-corrected chi connectivity index (χ0v) is 12.5. The second-order valence-corrected chi connectivity index (χ2v) is 5.12. The van der Waals surface area contributed by atoms with Crippen LogP contribution in [0.25, 0.3) is 0 Å². The normalized spacial score (nSPS) is 11.0. The van der Waals surface area contributed by atoms with Gasteiger partial charge >= 0.3 is 0 Å². The van der Waals surface area contributed by atoms with Crippen molar-refractivity contribution in [1.82, 2.24) is 15.1 Å². The number of hydrogen-bond acceptors (Lipinski definition) is 2. The van der Waals surface area contributed by atoms with Crippen LogP contribution in [-0.4, -0.2) is 16.3 Å². The lowest BCUT2D eigenvalue weighted by Crippen LogP contribution is -2.18. The van der Waals surface area contributed by atoms with Crippen LogP contribution in [0.4, 0.5) is 4.39 Å². The standard InChI is InChI=1S/C15H19ClFN3/c1-3-13-15(16)14(20(2)19-13)10-18-8-7-11-5-4-6-12(17)9-11/h4-6,9,18H,3,7-8,10H2,1-2H3. The van der Waals surface area contributed by atoms with Crippen molar-refractivity contribution in [2.45, 2.75) is 26.3 Å². The van der Waals surface area contributed by atoms with E-state index in [9.17, 15) is 4.39 Å². The Bertz CT molecular complexity index is 580. The lowest BCUT2D eigenvalue weighted by atomic mass is 10.1. The number of halogens is 2. The first kappa shape index (κ1) is 15.0. The molecule has 1 aromatic carbocycles. The molecule has 0 aliphatic heterocycles. The number of nitrogens with one attached hydrogen (secondary N) is 1. The van der Waals surface area contributed by atoms with Crippen molar-refractivity contribution in [3.05, 3.63) is 52.1 Å². The zero-order valence-electron chi connectivity index (χ0n) is 11.8. The molecule has 2 aromatic rings. The average Bonchev–Trinajstić information content (AvgIpc) is 2.70. The molecule has 0 unspecified atom stereocenters. The van der Waals surface area contributed by atoms with Gasteiger partial charge in [0.15, 0.2) is 0 Å². The van der Waals surface area contributed by atoms with Gasteiger partial charge in [-0.2, -0.15) is 5.10 Å². The van der Waals surface area contributed by atoms with Crippen LogP contribution in [0.3, 0.4) is 0 Å². The summed E-state index contributed by atoms with van der Waals surface area (Å²) in [5.41, 5.74) is 2.90. The number of benzene rings is 1. The van der Waals surface area contributed by atoms with E-state index in [0.29, 0.717) is 6.54 Å². The topological polar surface area (TPSA) is 29.9 Å². The second-order valence-electron chi connectivity index (χ2n) is 4.74. The van der Waals surface area contributed by atoms with E-state index >= 15 is 0 Å². The summed E-state index contributed by atoms with van der Waals surface area (Å²) in [6, 6.07) is 6.68. The summed E-state index contributed by atoms with van der Waals surface area (Å²) >= 11 is 6.27. The molecule has 1 aromatic heterocycles. The average molecular weight is 296 g/mol. The summed E-state index contributed by atoms with van der Waals surface area (Å²) in [7, 11) is 1.90. The number of aryl methyl sites for hydroxylation is 2. The third kappa shape index (κ3) is 3.58. The van der Waals surface area contributed by atoms with E-state index in [-0.39, 0.29) is 5.82 Å². The van der Waals surface area contributed by atoms with E-state index in [1.54, 1.807) is 12.1 Å². The van der Waals surface area contributed by atoms with Crippen LogP contribution in [0.1, 0.15) is 23.9 Å². The van der Waals surface area contributed by atoms with E-state index < -0.39 is 0 Å². The molecule has 0 fully saturated rings. The molecule has 0 bridgehead atoms. The van der Waals surface area contributed by atoms with Crippen LogP contribution in [-0.2, 0) is 26.4 Å². The van der Waals surface area contributed by atoms with Crippen LogP contribution in [0.15, 0.2) is 24.3 Å². The highest BCUT2D eigenvalue weighted by Gasteiger charge is 2.11. The van der Waals surface area contributed by atoms with Gasteiger partial charge in [0.2, 0.25) is 0 Å². The van der Waals surface area contributed by atoms with E-state index in [4.69, 9.17) is 11.6 Å². The summed E-state index contributed by atoms with van der Waals surface area (Å²) in [5.74, 6) is -0.190. The van der Waals surface area contributed by atoms with E-state index in [1.807, 2.05) is 24.7 Å². The molecular formula is C15H19ClFN3. The van der Waals surface area contributed by atoms with Gasteiger partial charge in [-0.15, -0.1) is 0 Å². The predicted octanol–water partition coefficient (Wildman–Crippen LogP) is 3.11. The second kappa shape index (κ2) is 6.86. The molecule has 0 spiro atoms. The Labute approximate surface area is 123 Å². The molecule has 1 heterocycles. The molecule has 1 N–H and O–H groups in total. The van der Waals surface area contributed by atoms with Gasteiger partial charge in [0.1, 0.15) is 5.82 Å². The lowest BCUT2D eigenvalue weighted by Gasteiger charge is -2.06. The maximum Gasteiger partial charge on any atom is 0.123 e. The minimum atomic E-state index is -0.190. The molecule has 3 nitrogen and oxygen atoms in total. The van der Waals surface area contributed by atoms with Gasteiger partial charge in [0.25, 0.3) is 0 Å². The molecular weight excluding hydrogens is 277 g/mol. The third-order valence-corrected chi connectivity index (χ3v) is 3.71. The highest BCUT2D eigenvalue weighted by molar-refractivity contribution is 6.31. The summed E-state index contributed by atoms with van der Waals surface area (Å²) in [6.45, 7) is 3.47. The summed E-state index contributed by atoms with van der Waals surface area (Å²) in [6.07, 6.45) is 1.61. The molecule has 0 radical (unpaired) electrons. The number of hydrogen-bond donors (Lipinski definition) is 1. The highest BCUT2D eigenvalue weighted by atomic mass is 35.5. The van der Waals surface area contributed by atoms with Gasteiger partial charge in [0, 0.05) is 13.6 Å². The minimum Gasteiger partial charge on any atom is -0.311 e. The van der Waals surface area contributed by atoms with Crippen molar-refractivity contribution in [2.75, 3.05) is 6.54 Å². The van der Waals surface area contributed by atoms with Crippen LogP contribution >= 0.6 is 11.6 Å². The van der Waals surface area contributed by atoms with Crippen molar-refractivity contribution < 1.29 is 4.39 Å². The van der Waals surface area contributed by atoms with Gasteiger partial charge in [-0.1, -0.05) is 30.7 Å². The van der Waals surface area contributed by atoms with Crippen molar-refractivity contribution in [2.24, 2.45) is 7.05 Å². The van der Waals surface area contributed by atoms with Gasteiger partial charge < -0.3 is 5.32 Å². The van der Waals surface area contributed by atoms with Gasteiger partial charge in [-0.3, -0.25) is 4.68 Å². The largest absolute Gasteiger partial charge is 0.311 e. The van der Waals surface area contributed by atoms with E-state index in [1.165, 1.54) is 6.07 Å². The van der Waals surface area contributed by atoms with Gasteiger partial charge in [-0.05, 0) is 37.1 Å². The fourth-order valence-electron chi connectivity index (χ4n) is 2.14. The van der Waals surface area contributed by atoms with Gasteiger partial charge in [-0.25, -0.2) is 4.39 Å². The summed E-state index contributed by atoms with van der Waals surface area (Å²) in [4.78, 5) is 0. The SMILES string of the molecule is CCc1nn(C)c(CNCCc2cccc(F)c2)c1Cl. The van der Waals surface area contributed by atoms with Crippen LogP contribution in [0.2, 0.25) is 5.02 Å². The van der Waals surface area contributed by atoms with Gasteiger partial charge in [0.05, 0.1) is 16.4 Å². The van der Waals surface area contributed by atoms with Crippen LogP contribution in [0, 0.1) is 5.82 Å². The molecule has 0 saturated heterocycles. The Morgan fingerprint density at radius 1 is 1.40 bits per heavy atom. The molecule has 0 atom stereocenters. The summed E-state index contributed by atoms with van der Waals surface area (Å²) in [5, 5.41) is 8.44. The minimum absolute atomic E-state index is 0.190. The number of nitrogens with zero attached hydrogens (tertiary/aromatic N) is 2. The summed E-state index contributed by atoms with van der Waals surface area (Å²) < 4.78 is 14.9. The fraction of sp³-hybridized carbons (Fsp3) is 0.400. The zero-order chi connectivity index (χ0) is 14.5.